The minimum atomic E-state index is 0.579. The summed E-state index contributed by atoms with van der Waals surface area (Å²) >= 11 is 0. The van der Waals surface area contributed by atoms with E-state index in [9.17, 15) is 0 Å². The molecule has 23 heavy (non-hydrogen) atoms. The Morgan fingerprint density at radius 2 is 2.09 bits per heavy atom. The minimum absolute atomic E-state index is 0.579. The van der Waals surface area contributed by atoms with Gasteiger partial charge < -0.3 is 4.90 Å². The Morgan fingerprint density at radius 3 is 2.91 bits per heavy atom. The van der Waals surface area contributed by atoms with Crippen LogP contribution in [0.3, 0.4) is 0 Å². The molecule has 3 heterocycles. The lowest BCUT2D eigenvalue weighted by Crippen LogP contribution is -2.32. The number of nitrogens with zero attached hydrogens (tertiary/aromatic N) is 4. The van der Waals surface area contributed by atoms with E-state index < -0.39 is 0 Å². The zero-order valence-corrected chi connectivity index (χ0v) is 14.0. The van der Waals surface area contributed by atoms with Crippen molar-refractivity contribution < 1.29 is 0 Å². The summed E-state index contributed by atoms with van der Waals surface area (Å²) in [6, 6.07) is 8.84. The molecule has 0 bridgehead atoms. The van der Waals surface area contributed by atoms with Crippen LogP contribution in [0.15, 0.2) is 36.7 Å². The first kappa shape index (κ1) is 14.2. The normalized spacial score (nSPS) is 14.5. The van der Waals surface area contributed by atoms with E-state index in [1.165, 1.54) is 16.7 Å². The van der Waals surface area contributed by atoms with E-state index in [0.717, 1.165) is 36.5 Å². The van der Waals surface area contributed by atoms with Crippen LogP contribution in [0.4, 0.5) is 5.82 Å². The molecule has 0 N–H and O–H groups in total. The van der Waals surface area contributed by atoms with Gasteiger partial charge in [-0.25, -0.2) is 9.50 Å². The van der Waals surface area contributed by atoms with E-state index in [0.29, 0.717) is 5.92 Å². The van der Waals surface area contributed by atoms with Gasteiger partial charge in [-0.05, 0) is 42.0 Å². The Balaban J connectivity index is 1.74. The van der Waals surface area contributed by atoms with E-state index in [4.69, 9.17) is 0 Å². The fourth-order valence-corrected chi connectivity index (χ4v) is 3.63. The van der Waals surface area contributed by atoms with Crippen molar-refractivity contribution in [3.8, 4) is 0 Å². The molecule has 0 radical (unpaired) electrons. The largest absolute Gasteiger partial charge is 0.350 e. The Kier molecular flexibility index (Phi) is 3.33. The summed E-state index contributed by atoms with van der Waals surface area (Å²) in [6.45, 7) is 8.51. The maximum atomic E-state index is 4.64. The van der Waals surface area contributed by atoms with E-state index >= 15 is 0 Å². The summed E-state index contributed by atoms with van der Waals surface area (Å²) in [6.07, 6.45) is 4.84. The number of hydrogen-bond acceptors (Lipinski definition) is 3. The fraction of sp³-hybridized carbons (Fsp3) is 0.368. The van der Waals surface area contributed by atoms with Crippen molar-refractivity contribution in [2.24, 2.45) is 0 Å². The van der Waals surface area contributed by atoms with Gasteiger partial charge in [-0.3, -0.25) is 0 Å². The highest BCUT2D eigenvalue weighted by atomic mass is 15.3. The lowest BCUT2D eigenvalue weighted by Gasteiger charge is -2.32. The van der Waals surface area contributed by atoms with Crippen LogP contribution in [0.2, 0.25) is 0 Å². The molecule has 0 aliphatic carbocycles. The smallest absolute Gasteiger partial charge is 0.155 e. The standard InChI is InChI=1S/C19H22N4/c1-13(2)16-6-4-5-15-12-22(9-7-17(15)16)19-18-11-14(3)21-23(18)10-8-20-19/h4-6,8,10-11,13H,7,9,12H2,1-3H3. The average molecular weight is 306 g/mol. The number of fused-ring (bicyclic) bond motifs is 2. The molecule has 3 aromatic rings. The molecule has 2 aromatic heterocycles. The van der Waals surface area contributed by atoms with Crippen molar-refractivity contribution in [2.75, 3.05) is 11.4 Å². The van der Waals surface area contributed by atoms with Gasteiger partial charge in [0.1, 0.15) is 5.52 Å². The van der Waals surface area contributed by atoms with Crippen molar-refractivity contribution in [3.05, 3.63) is 59.0 Å². The van der Waals surface area contributed by atoms with Gasteiger partial charge in [-0.1, -0.05) is 32.0 Å². The number of aromatic nitrogens is 3. The molecule has 0 amide bonds. The second kappa shape index (κ2) is 5.37. The Bertz CT molecular complexity index is 863. The molecule has 0 saturated heterocycles. The maximum Gasteiger partial charge on any atom is 0.155 e. The summed E-state index contributed by atoms with van der Waals surface area (Å²) in [5.41, 5.74) is 6.58. The van der Waals surface area contributed by atoms with Crippen LogP contribution in [-0.2, 0) is 13.0 Å². The Morgan fingerprint density at radius 1 is 1.22 bits per heavy atom. The highest BCUT2D eigenvalue weighted by Crippen LogP contribution is 2.30. The Labute approximate surface area is 136 Å². The second-order valence-corrected chi connectivity index (χ2v) is 6.68. The number of anilines is 1. The second-order valence-electron chi connectivity index (χ2n) is 6.68. The van der Waals surface area contributed by atoms with Gasteiger partial charge in [0.2, 0.25) is 0 Å². The highest BCUT2D eigenvalue weighted by Gasteiger charge is 2.22. The molecule has 0 spiro atoms. The van der Waals surface area contributed by atoms with Crippen LogP contribution in [0.25, 0.3) is 5.52 Å². The molecule has 118 valence electrons. The van der Waals surface area contributed by atoms with Gasteiger partial charge in [0.25, 0.3) is 0 Å². The third-order valence-electron chi connectivity index (χ3n) is 4.72. The highest BCUT2D eigenvalue weighted by molar-refractivity contribution is 5.69. The Hall–Kier alpha value is -2.36. The summed E-state index contributed by atoms with van der Waals surface area (Å²) in [7, 11) is 0. The van der Waals surface area contributed by atoms with Crippen molar-refractivity contribution in [2.45, 2.75) is 39.7 Å². The van der Waals surface area contributed by atoms with Gasteiger partial charge in [0.15, 0.2) is 5.82 Å². The molecule has 4 nitrogen and oxygen atoms in total. The lowest BCUT2D eigenvalue weighted by atomic mass is 9.89. The average Bonchev–Trinajstić information content (AvgIpc) is 2.93. The third-order valence-corrected chi connectivity index (χ3v) is 4.72. The first-order valence-corrected chi connectivity index (χ1v) is 8.30. The molecule has 1 aliphatic rings. The fourth-order valence-electron chi connectivity index (χ4n) is 3.63. The number of benzene rings is 1. The molecule has 4 rings (SSSR count). The van der Waals surface area contributed by atoms with E-state index in [2.05, 4.69) is 53.1 Å². The molecular weight excluding hydrogens is 284 g/mol. The molecule has 0 saturated carbocycles. The molecular formula is C19H22N4. The number of hydrogen-bond donors (Lipinski definition) is 0. The monoisotopic (exact) mass is 306 g/mol. The van der Waals surface area contributed by atoms with Crippen molar-refractivity contribution in [3.63, 3.8) is 0 Å². The summed E-state index contributed by atoms with van der Waals surface area (Å²) in [5, 5.41) is 4.50. The van der Waals surface area contributed by atoms with Crippen LogP contribution in [-0.4, -0.2) is 21.1 Å². The van der Waals surface area contributed by atoms with Crippen LogP contribution in [0.1, 0.15) is 42.1 Å². The van der Waals surface area contributed by atoms with Gasteiger partial charge in [-0.15, -0.1) is 0 Å². The van der Waals surface area contributed by atoms with Crippen LogP contribution < -0.4 is 4.90 Å². The zero-order valence-electron chi connectivity index (χ0n) is 14.0. The zero-order chi connectivity index (χ0) is 16.0. The van der Waals surface area contributed by atoms with Crippen molar-refractivity contribution in [1.82, 2.24) is 14.6 Å². The van der Waals surface area contributed by atoms with Crippen LogP contribution in [0, 0.1) is 6.92 Å². The minimum Gasteiger partial charge on any atom is -0.350 e. The lowest BCUT2D eigenvalue weighted by molar-refractivity contribution is 0.702. The van der Waals surface area contributed by atoms with Crippen molar-refractivity contribution >= 4 is 11.3 Å². The van der Waals surface area contributed by atoms with Gasteiger partial charge in [0, 0.05) is 25.5 Å². The van der Waals surface area contributed by atoms with Crippen LogP contribution >= 0.6 is 0 Å². The summed E-state index contributed by atoms with van der Waals surface area (Å²) in [5.74, 6) is 1.62. The van der Waals surface area contributed by atoms with Gasteiger partial charge >= 0.3 is 0 Å². The molecule has 0 unspecified atom stereocenters. The number of aryl methyl sites for hydroxylation is 1. The van der Waals surface area contributed by atoms with Gasteiger partial charge in [0.05, 0.1) is 5.69 Å². The first-order chi connectivity index (χ1) is 11.1. The molecule has 1 aromatic carbocycles. The molecule has 4 heteroatoms. The van der Waals surface area contributed by atoms with E-state index in [-0.39, 0.29) is 0 Å². The molecule has 0 fully saturated rings. The third kappa shape index (κ3) is 2.38. The topological polar surface area (TPSA) is 33.4 Å². The summed E-state index contributed by atoms with van der Waals surface area (Å²) in [4.78, 5) is 7.02. The number of rotatable bonds is 2. The van der Waals surface area contributed by atoms with E-state index in [1.54, 1.807) is 0 Å². The molecule has 0 atom stereocenters. The summed E-state index contributed by atoms with van der Waals surface area (Å²) < 4.78 is 1.93. The maximum absolute atomic E-state index is 4.64. The van der Waals surface area contributed by atoms with Crippen LogP contribution in [0.5, 0.6) is 0 Å². The van der Waals surface area contributed by atoms with Gasteiger partial charge in [-0.2, -0.15) is 5.10 Å². The molecule has 1 aliphatic heterocycles. The quantitative estimate of drug-likeness (QED) is 0.723. The van der Waals surface area contributed by atoms with Crippen molar-refractivity contribution in [1.29, 1.82) is 0 Å². The predicted octanol–water partition coefficient (Wildman–Crippen LogP) is 3.72. The predicted molar refractivity (Wildman–Crippen MR) is 93.0 cm³/mol. The van der Waals surface area contributed by atoms with E-state index in [1.807, 2.05) is 23.8 Å². The SMILES string of the molecule is Cc1cc2c(N3CCc4c(cccc4C(C)C)C3)nccn2n1. The first-order valence-electron chi connectivity index (χ1n) is 8.30.